The lowest BCUT2D eigenvalue weighted by molar-refractivity contribution is -0.438. The number of esters is 1. The Kier molecular flexibility index (Phi) is 26.1. The highest BCUT2D eigenvalue weighted by Crippen LogP contribution is 2.51. The zero-order valence-electron chi connectivity index (χ0n) is 52.2. The van der Waals surface area contributed by atoms with E-state index in [4.69, 9.17) is 18.9 Å². The van der Waals surface area contributed by atoms with E-state index in [1.54, 1.807) is 81.7 Å². The molecule has 2 aliphatic rings. The number of fused-ring (bicyclic) bond motifs is 2. The van der Waals surface area contributed by atoms with Gasteiger partial charge in [-0.05, 0) is 131 Å². The van der Waals surface area contributed by atoms with Crippen molar-refractivity contribution in [3.8, 4) is 0 Å². The van der Waals surface area contributed by atoms with Crippen molar-refractivity contribution in [3.63, 3.8) is 0 Å². The number of rotatable bonds is 36. The Bertz CT molecular complexity index is 4040. The first-order chi connectivity index (χ1) is 44.1. The topological polar surface area (TPSA) is 336 Å². The minimum Gasteiger partial charge on any atom is -0.465 e. The number of unbranched alkanes of at least 4 members (excludes halogenated alkanes) is 2. The first-order valence-electron chi connectivity index (χ1n) is 30.0. The predicted octanol–water partition coefficient (Wildman–Crippen LogP) is 6.98. The molecule has 7 rings (SSSR count). The van der Waals surface area contributed by atoms with Crippen LogP contribution in [-0.4, -0.2) is 165 Å². The maximum atomic E-state index is 13.6. The number of anilines is 1. The Morgan fingerprint density at radius 2 is 1.19 bits per heavy atom. The molecule has 2 amide bonds. The maximum absolute atomic E-state index is 13.6. The predicted molar refractivity (Wildman–Crippen MR) is 356 cm³/mol. The van der Waals surface area contributed by atoms with E-state index in [9.17, 15) is 66.3 Å². The Balaban J connectivity index is 1.09. The third-order valence-electron chi connectivity index (χ3n) is 16.1. The summed E-state index contributed by atoms with van der Waals surface area (Å²) in [7, 11) is -16.7. The molecule has 2 aliphatic heterocycles. The van der Waals surface area contributed by atoms with Gasteiger partial charge in [0.15, 0.2) is 5.71 Å². The zero-order chi connectivity index (χ0) is 67.6. The monoisotopic (exact) mass is 1380 g/mol. The molecule has 6 N–H and O–H groups in total. The number of ether oxygens (including phenoxy) is 4. The third kappa shape index (κ3) is 20.1. The summed E-state index contributed by atoms with van der Waals surface area (Å²) < 4.78 is 162. The number of allylic oxidation sites excluding steroid dienone is 6. The molecule has 5 aromatic rings. The number of amides is 2. The Morgan fingerprint density at radius 1 is 0.613 bits per heavy atom. The van der Waals surface area contributed by atoms with Crippen LogP contribution in [-0.2, 0) is 75.0 Å². The minimum atomic E-state index is -4.72. The van der Waals surface area contributed by atoms with Gasteiger partial charge in [0.25, 0.3) is 46.4 Å². The van der Waals surface area contributed by atoms with E-state index in [2.05, 4.69) is 10.6 Å². The molecule has 0 aromatic heterocycles. The molecule has 2 heterocycles. The van der Waals surface area contributed by atoms with Crippen LogP contribution in [0, 0.1) is 0 Å². The summed E-state index contributed by atoms with van der Waals surface area (Å²) in [6.45, 7) is 5.85. The molecule has 0 saturated heterocycles. The molecule has 0 aliphatic carbocycles. The SMILES string of the molecule is COCCOCCOCCN1C(=CC=CC=CC2=[N+](CCCCCC(=O)NCCNC(=O)c3ccc(C(=O)OC)c(P(c4ccccc4)c4ccccc4)c3)c3ccc(S(=O)(=O)O)cc3C2(C)CCCS(=O)(=O)O)C(C)(CCCS(=O)(=O)O)c2cc(S(=O)(=O)O)ccc21. The molecular formula is C65H80N4O19PS4+. The summed E-state index contributed by atoms with van der Waals surface area (Å²) in [4.78, 5) is 41.0. The standard InChI is InChI=1S/C65H79N4O19PS4/c1-64(32-17-43-90(73,74)75)54-46-51(92(79,80)81)27-30-56(54)68(36-16-8-15-25-61(70)66-34-35-67-62(71)48-26-29-53(63(72)86-4)58(45-48)89(49-19-9-5-10-20-49)50-21-11-6-12-22-50)59(64)23-13-7-14-24-60-65(2,33-18-44-91(76,77)78)55-47-52(93(82,83)84)28-31-57(55)69(60)37-38-87-41-42-88-40-39-85-3/h5-7,9-14,19-24,26-31,45-47H,8,15-18,25,32-44H2,1-4H3,(H5-,66,67,70,71,73,74,75,76,77,78,79,80,81,82,83,84)/p+1. The summed E-state index contributed by atoms with van der Waals surface area (Å²) in [5.41, 5.74) is 1.68. The Morgan fingerprint density at radius 3 is 1.80 bits per heavy atom. The maximum Gasteiger partial charge on any atom is 0.338 e. The Labute approximate surface area is 545 Å². The van der Waals surface area contributed by atoms with Gasteiger partial charge in [-0.15, -0.1) is 0 Å². The second kappa shape index (κ2) is 33.0. The fraction of sp³-hybridized carbons (Fsp3) is 0.385. The van der Waals surface area contributed by atoms with E-state index < -0.39 is 87.5 Å². The van der Waals surface area contributed by atoms with Crippen molar-refractivity contribution < 1.29 is 89.8 Å². The molecule has 0 bridgehead atoms. The van der Waals surface area contributed by atoms with Crippen LogP contribution in [0.2, 0.25) is 0 Å². The average molecular weight is 1380 g/mol. The van der Waals surface area contributed by atoms with Crippen LogP contribution in [0.4, 0.5) is 11.4 Å². The fourth-order valence-corrected chi connectivity index (χ4v) is 16.1. The normalized spacial score (nSPS) is 17.2. The van der Waals surface area contributed by atoms with E-state index in [-0.39, 0.29) is 82.4 Å². The largest absolute Gasteiger partial charge is 0.465 e. The number of hydrogen-bond acceptors (Lipinski definition) is 16. The molecule has 2 unspecified atom stereocenters. The van der Waals surface area contributed by atoms with Gasteiger partial charge in [0, 0.05) is 85.0 Å². The van der Waals surface area contributed by atoms with Crippen LogP contribution in [0.15, 0.2) is 161 Å². The van der Waals surface area contributed by atoms with Crippen LogP contribution in [0.1, 0.15) is 97.1 Å². The van der Waals surface area contributed by atoms with Crippen molar-refractivity contribution >= 4 is 99.2 Å². The van der Waals surface area contributed by atoms with Crippen molar-refractivity contribution in [1.82, 2.24) is 10.6 Å². The number of methoxy groups -OCH3 is 2. The number of nitrogens with zero attached hydrogens (tertiary/aromatic N) is 2. The molecule has 502 valence electrons. The highest BCUT2D eigenvalue weighted by Gasteiger charge is 2.48. The van der Waals surface area contributed by atoms with E-state index >= 15 is 0 Å². The Hall–Kier alpha value is -6.85. The van der Waals surface area contributed by atoms with Crippen molar-refractivity contribution in [2.24, 2.45) is 0 Å². The molecule has 0 radical (unpaired) electrons. The lowest BCUT2D eigenvalue weighted by Gasteiger charge is -2.30. The highest BCUT2D eigenvalue weighted by molar-refractivity contribution is 7.86. The van der Waals surface area contributed by atoms with Gasteiger partial charge in [-0.3, -0.25) is 27.8 Å². The molecule has 0 fully saturated rings. The first-order valence-corrected chi connectivity index (χ1v) is 37.5. The van der Waals surface area contributed by atoms with Gasteiger partial charge in [-0.2, -0.15) is 38.2 Å². The molecule has 93 heavy (non-hydrogen) atoms. The average Bonchev–Trinajstić information content (AvgIpc) is 1.60. The smallest absolute Gasteiger partial charge is 0.338 e. The van der Waals surface area contributed by atoms with Gasteiger partial charge >= 0.3 is 5.97 Å². The number of nitrogens with one attached hydrogen (secondary N) is 2. The van der Waals surface area contributed by atoms with Crippen LogP contribution < -0.4 is 31.4 Å². The molecule has 0 spiro atoms. The summed E-state index contributed by atoms with van der Waals surface area (Å²) >= 11 is 0. The highest BCUT2D eigenvalue weighted by atomic mass is 32.2. The van der Waals surface area contributed by atoms with Crippen molar-refractivity contribution in [2.75, 3.05) is 89.8 Å². The first kappa shape index (κ1) is 73.6. The number of carbonyl (C=O) groups is 3. The molecule has 28 heteroatoms. The lowest BCUT2D eigenvalue weighted by Crippen LogP contribution is -2.35. The molecule has 5 aromatic carbocycles. The van der Waals surface area contributed by atoms with Crippen LogP contribution >= 0.6 is 7.92 Å². The molecule has 23 nitrogen and oxygen atoms in total. The van der Waals surface area contributed by atoms with E-state index in [0.29, 0.717) is 89.4 Å². The van der Waals surface area contributed by atoms with Gasteiger partial charge in [0.05, 0.1) is 72.4 Å². The van der Waals surface area contributed by atoms with Crippen molar-refractivity contribution in [1.29, 1.82) is 0 Å². The second-order valence-corrected chi connectivity index (χ2v) is 30.8. The number of hydrogen-bond donors (Lipinski definition) is 6. The van der Waals surface area contributed by atoms with Gasteiger partial charge in [0.1, 0.15) is 6.54 Å². The summed E-state index contributed by atoms with van der Waals surface area (Å²) in [6.07, 6.45) is 10.4. The quantitative estimate of drug-likeness (QED) is 0.00588. The van der Waals surface area contributed by atoms with E-state index in [1.165, 1.54) is 31.4 Å². The van der Waals surface area contributed by atoms with Gasteiger partial charge in [0.2, 0.25) is 11.6 Å². The van der Waals surface area contributed by atoms with E-state index in [1.807, 2.05) is 70.1 Å². The minimum absolute atomic E-state index is 0.0402. The third-order valence-corrected chi connectivity index (χ3v) is 21.9. The number of carbonyl (C=O) groups excluding carboxylic acids is 3. The summed E-state index contributed by atoms with van der Waals surface area (Å²) in [5, 5.41) is 8.30. The lowest BCUT2D eigenvalue weighted by atomic mass is 9.76. The van der Waals surface area contributed by atoms with Crippen molar-refractivity contribution in [2.45, 2.75) is 85.8 Å². The zero-order valence-corrected chi connectivity index (χ0v) is 56.3. The van der Waals surface area contributed by atoms with Gasteiger partial charge in [-0.25, -0.2) is 4.79 Å². The molecule has 0 saturated carbocycles. The van der Waals surface area contributed by atoms with E-state index in [0.717, 1.165) is 10.6 Å². The molecule has 2 atom stereocenters. The van der Waals surface area contributed by atoms with Crippen LogP contribution in [0.3, 0.4) is 0 Å². The number of benzene rings is 5. The van der Waals surface area contributed by atoms with Crippen LogP contribution in [0.25, 0.3) is 0 Å². The summed E-state index contributed by atoms with van der Waals surface area (Å²) in [5.74, 6) is -2.39. The summed E-state index contributed by atoms with van der Waals surface area (Å²) in [6, 6.07) is 32.6. The second-order valence-electron chi connectivity index (χ2n) is 22.6. The fourth-order valence-electron chi connectivity index (χ4n) is 11.6. The van der Waals surface area contributed by atoms with Crippen LogP contribution in [0.5, 0.6) is 0 Å². The van der Waals surface area contributed by atoms with Gasteiger partial charge in [-0.1, -0.05) is 78.9 Å². The van der Waals surface area contributed by atoms with Crippen molar-refractivity contribution in [3.05, 3.63) is 174 Å². The van der Waals surface area contributed by atoms with Gasteiger partial charge < -0.3 is 34.5 Å². The molecular weight excluding hydrogens is 1300 g/mol.